The minimum Gasteiger partial charge on any atom is -0.491 e. The van der Waals surface area contributed by atoms with Crippen LogP contribution in [0.5, 0.6) is 5.75 Å². The second-order valence-electron chi connectivity index (χ2n) is 4.64. The third-order valence-corrected chi connectivity index (χ3v) is 3.06. The summed E-state index contributed by atoms with van der Waals surface area (Å²) in [6.45, 7) is 5.95. The van der Waals surface area contributed by atoms with E-state index in [-0.39, 0.29) is 12.7 Å². The average Bonchev–Trinajstić information content (AvgIpc) is 2.37. The molecule has 1 heterocycles. The van der Waals surface area contributed by atoms with Crippen LogP contribution in [0.4, 0.5) is 0 Å². The minimum atomic E-state index is 0.0887. The van der Waals surface area contributed by atoms with Gasteiger partial charge < -0.3 is 14.6 Å². The van der Waals surface area contributed by atoms with Gasteiger partial charge in [-0.3, -0.25) is 4.90 Å². The zero-order chi connectivity index (χ0) is 12.8. The second-order valence-corrected chi connectivity index (χ2v) is 4.64. The van der Waals surface area contributed by atoms with E-state index in [2.05, 4.69) is 4.90 Å². The van der Waals surface area contributed by atoms with Crippen LogP contribution in [0.25, 0.3) is 0 Å². The number of morpholine rings is 1. The summed E-state index contributed by atoms with van der Waals surface area (Å²) in [5.74, 6) is 0.887. The number of ether oxygens (including phenoxy) is 2. The first-order valence-electron chi connectivity index (χ1n) is 6.42. The molecule has 0 aromatic heterocycles. The van der Waals surface area contributed by atoms with Gasteiger partial charge in [0.1, 0.15) is 18.5 Å². The zero-order valence-corrected chi connectivity index (χ0v) is 10.8. The molecule has 1 atom stereocenters. The number of aliphatic hydroxyl groups is 1. The first-order valence-corrected chi connectivity index (χ1v) is 6.42. The fourth-order valence-electron chi connectivity index (χ4n) is 2.12. The highest BCUT2D eigenvalue weighted by Crippen LogP contribution is 2.14. The number of aliphatic hydroxyl groups excluding tert-OH is 1. The van der Waals surface area contributed by atoms with Gasteiger partial charge in [-0.1, -0.05) is 12.1 Å². The lowest BCUT2D eigenvalue weighted by Gasteiger charge is -2.32. The van der Waals surface area contributed by atoms with Gasteiger partial charge in [-0.05, 0) is 24.6 Å². The molecule has 0 amide bonds. The Balaban J connectivity index is 1.79. The van der Waals surface area contributed by atoms with E-state index in [9.17, 15) is 0 Å². The Bertz CT molecular complexity index is 368. The third-order valence-electron chi connectivity index (χ3n) is 3.06. The fraction of sp³-hybridized carbons (Fsp3) is 0.571. The first-order chi connectivity index (χ1) is 8.78. The average molecular weight is 251 g/mol. The van der Waals surface area contributed by atoms with Crippen molar-refractivity contribution in [1.29, 1.82) is 0 Å². The Hall–Kier alpha value is -1.10. The van der Waals surface area contributed by atoms with Crippen LogP contribution in [0.1, 0.15) is 5.56 Å². The molecule has 0 aliphatic carbocycles. The van der Waals surface area contributed by atoms with Gasteiger partial charge in [0.15, 0.2) is 0 Å². The van der Waals surface area contributed by atoms with Gasteiger partial charge in [-0.2, -0.15) is 0 Å². The van der Waals surface area contributed by atoms with Crippen molar-refractivity contribution in [3.63, 3.8) is 0 Å². The number of β-amino-alcohol motifs (C(OH)–C–C–N with tert-alkyl or cyclic N) is 1. The largest absolute Gasteiger partial charge is 0.491 e. The van der Waals surface area contributed by atoms with Crippen molar-refractivity contribution in [2.45, 2.75) is 13.0 Å². The van der Waals surface area contributed by atoms with Gasteiger partial charge >= 0.3 is 0 Å². The van der Waals surface area contributed by atoms with E-state index in [0.29, 0.717) is 19.8 Å². The highest BCUT2D eigenvalue weighted by atomic mass is 16.5. The Morgan fingerprint density at radius 3 is 3.17 bits per heavy atom. The van der Waals surface area contributed by atoms with Gasteiger partial charge in [-0.25, -0.2) is 0 Å². The van der Waals surface area contributed by atoms with Crippen molar-refractivity contribution in [3.8, 4) is 5.75 Å². The SMILES string of the molecule is Cc1cccc(OC[C@@H]2CN(CCO)CCO2)c1. The molecule has 0 spiro atoms. The number of nitrogens with zero attached hydrogens (tertiary/aromatic N) is 1. The molecule has 4 heteroatoms. The molecule has 0 saturated carbocycles. The van der Waals surface area contributed by atoms with Crippen LogP contribution in [0.2, 0.25) is 0 Å². The Kier molecular flexibility index (Phi) is 4.99. The molecule has 0 unspecified atom stereocenters. The topological polar surface area (TPSA) is 41.9 Å². The van der Waals surface area contributed by atoms with Crippen LogP contribution in [-0.2, 0) is 4.74 Å². The molecule has 100 valence electrons. The molecule has 1 aromatic rings. The maximum absolute atomic E-state index is 8.93. The predicted octanol–water partition coefficient (Wildman–Crippen LogP) is 1.07. The first kappa shape index (κ1) is 13.3. The van der Waals surface area contributed by atoms with Gasteiger partial charge in [0.25, 0.3) is 0 Å². The summed E-state index contributed by atoms with van der Waals surface area (Å²) < 4.78 is 11.4. The standard InChI is InChI=1S/C14H21NO3/c1-12-3-2-4-13(9-12)18-11-14-10-15(5-7-16)6-8-17-14/h2-4,9,14,16H,5-8,10-11H2,1H3/t14-/m0/s1. The molecule has 2 rings (SSSR count). The molecular formula is C14H21NO3. The van der Waals surface area contributed by atoms with E-state index in [0.717, 1.165) is 18.8 Å². The molecule has 4 nitrogen and oxygen atoms in total. The Labute approximate surface area is 108 Å². The van der Waals surface area contributed by atoms with E-state index in [4.69, 9.17) is 14.6 Å². The van der Waals surface area contributed by atoms with E-state index < -0.39 is 0 Å². The Morgan fingerprint density at radius 2 is 2.39 bits per heavy atom. The van der Waals surface area contributed by atoms with Crippen molar-refractivity contribution < 1.29 is 14.6 Å². The minimum absolute atomic E-state index is 0.0887. The van der Waals surface area contributed by atoms with Crippen molar-refractivity contribution in [3.05, 3.63) is 29.8 Å². The van der Waals surface area contributed by atoms with Crippen molar-refractivity contribution in [2.75, 3.05) is 39.5 Å². The maximum atomic E-state index is 8.93. The monoisotopic (exact) mass is 251 g/mol. The van der Waals surface area contributed by atoms with Crippen LogP contribution >= 0.6 is 0 Å². The molecule has 1 N–H and O–H groups in total. The third kappa shape index (κ3) is 3.98. The second kappa shape index (κ2) is 6.73. The summed E-state index contributed by atoms with van der Waals surface area (Å²) in [6.07, 6.45) is 0.0887. The quantitative estimate of drug-likeness (QED) is 0.850. The van der Waals surface area contributed by atoms with E-state index >= 15 is 0 Å². The number of rotatable bonds is 5. The molecule has 0 radical (unpaired) electrons. The van der Waals surface area contributed by atoms with Gasteiger partial charge in [0.2, 0.25) is 0 Å². The summed E-state index contributed by atoms with van der Waals surface area (Å²) in [6, 6.07) is 8.02. The van der Waals surface area contributed by atoms with Crippen LogP contribution in [-0.4, -0.2) is 55.6 Å². The van der Waals surface area contributed by atoms with Gasteiger partial charge in [0.05, 0.1) is 13.2 Å². The molecule has 1 aliphatic rings. The number of benzene rings is 1. The fourth-order valence-corrected chi connectivity index (χ4v) is 2.12. The predicted molar refractivity (Wildman–Crippen MR) is 69.9 cm³/mol. The highest BCUT2D eigenvalue weighted by Gasteiger charge is 2.20. The summed E-state index contributed by atoms with van der Waals surface area (Å²) in [5, 5.41) is 8.93. The molecular weight excluding hydrogens is 230 g/mol. The number of aryl methyl sites for hydroxylation is 1. The molecule has 0 bridgehead atoms. The smallest absolute Gasteiger partial charge is 0.119 e. The number of hydrogen-bond acceptors (Lipinski definition) is 4. The van der Waals surface area contributed by atoms with Crippen LogP contribution < -0.4 is 4.74 Å². The molecule has 1 aromatic carbocycles. The van der Waals surface area contributed by atoms with Crippen LogP contribution in [0.15, 0.2) is 24.3 Å². The lowest BCUT2D eigenvalue weighted by atomic mass is 10.2. The van der Waals surface area contributed by atoms with Crippen molar-refractivity contribution in [2.24, 2.45) is 0 Å². The summed E-state index contributed by atoms with van der Waals surface area (Å²) in [7, 11) is 0. The molecule has 18 heavy (non-hydrogen) atoms. The summed E-state index contributed by atoms with van der Waals surface area (Å²) in [5.41, 5.74) is 1.19. The number of hydrogen-bond donors (Lipinski definition) is 1. The van der Waals surface area contributed by atoms with E-state index in [1.54, 1.807) is 0 Å². The van der Waals surface area contributed by atoms with Crippen LogP contribution in [0.3, 0.4) is 0 Å². The summed E-state index contributed by atoms with van der Waals surface area (Å²) in [4.78, 5) is 2.20. The highest BCUT2D eigenvalue weighted by molar-refractivity contribution is 5.27. The molecule has 1 aliphatic heterocycles. The summed E-state index contributed by atoms with van der Waals surface area (Å²) >= 11 is 0. The van der Waals surface area contributed by atoms with Crippen molar-refractivity contribution in [1.82, 2.24) is 4.90 Å². The van der Waals surface area contributed by atoms with Gasteiger partial charge in [0, 0.05) is 19.6 Å². The lowest BCUT2D eigenvalue weighted by Crippen LogP contribution is -2.45. The lowest BCUT2D eigenvalue weighted by molar-refractivity contribution is -0.0508. The zero-order valence-electron chi connectivity index (χ0n) is 10.8. The molecule has 1 saturated heterocycles. The van der Waals surface area contributed by atoms with E-state index in [1.165, 1.54) is 5.56 Å². The van der Waals surface area contributed by atoms with Crippen molar-refractivity contribution >= 4 is 0 Å². The van der Waals surface area contributed by atoms with E-state index in [1.807, 2.05) is 31.2 Å². The van der Waals surface area contributed by atoms with Gasteiger partial charge in [-0.15, -0.1) is 0 Å². The molecule has 1 fully saturated rings. The maximum Gasteiger partial charge on any atom is 0.119 e. The Morgan fingerprint density at radius 1 is 1.50 bits per heavy atom. The normalized spacial score (nSPS) is 20.9. The van der Waals surface area contributed by atoms with Crippen LogP contribution in [0, 0.1) is 6.92 Å².